The minimum absolute atomic E-state index is 0.463. The monoisotopic (exact) mass is 185 g/mol. The molecule has 0 saturated carbocycles. The maximum Gasteiger partial charge on any atom is 0.0699 e. The third-order valence-corrected chi connectivity index (χ3v) is 3.17. The summed E-state index contributed by atoms with van der Waals surface area (Å²) in [5, 5.41) is 0. The molecular formula is C11H23NO. The standard InChI is InChI=1S/C11H23NO/c1-5-10-6-7-11(13-4)8-12(10)9(2)3/h9-11H,5-8H2,1-4H3/t10-,11+/m1/s1. The Labute approximate surface area is 82.3 Å². The number of rotatable bonds is 3. The van der Waals surface area contributed by atoms with E-state index < -0.39 is 0 Å². The van der Waals surface area contributed by atoms with Crippen LogP contribution in [0, 0.1) is 0 Å². The number of hydrogen-bond acceptors (Lipinski definition) is 2. The number of methoxy groups -OCH3 is 1. The van der Waals surface area contributed by atoms with Crippen LogP contribution in [0.15, 0.2) is 0 Å². The molecule has 0 bridgehead atoms. The van der Waals surface area contributed by atoms with Crippen molar-refractivity contribution in [3.63, 3.8) is 0 Å². The molecule has 2 atom stereocenters. The Bertz CT molecular complexity index is 147. The van der Waals surface area contributed by atoms with Crippen molar-refractivity contribution in [1.29, 1.82) is 0 Å². The molecule has 0 radical (unpaired) electrons. The molecule has 0 aromatic rings. The van der Waals surface area contributed by atoms with Gasteiger partial charge < -0.3 is 4.74 Å². The Balaban J connectivity index is 2.52. The molecule has 0 unspecified atom stereocenters. The van der Waals surface area contributed by atoms with Crippen LogP contribution in [0.4, 0.5) is 0 Å². The van der Waals surface area contributed by atoms with Crippen molar-refractivity contribution in [2.75, 3.05) is 13.7 Å². The molecule has 1 fully saturated rings. The van der Waals surface area contributed by atoms with Crippen molar-refractivity contribution in [1.82, 2.24) is 4.90 Å². The van der Waals surface area contributed by atoms with E-state index in [9.17, 15) is 0 Å². The summed E-state index contributed by atoms with van der Waals surface area (Å²) in [6.45, 7) is 7.96. The lowest BCUT2D eigenvalue weighted by atomic mass is 9.96. The van der Waals surface area contributed by atoms with Crippen LogP contribution in [0.5, 0.6) is 0 Å². The highest BCUT2D eigenvalue weighted by Crippen LogP contribution is 2.23. The zero-order chi connectivity index (χ0) is 9.84. The van der Waals surface area contributed by atoms with Crippen LogP contribution in [-0.4, -0.2) is 36.7 Å². The number of hydrogen-bond donors (Lipinski definition) is 0. The van der Waals surface area contributed by atoms with Gasteiger partial charge in [0.25, 0.3) is 0 Å². The Morgan fingerprint density at radius 2 is 2.08 bits per heavy atom. The van der Waals surface area contributed by atoms with Crippen molar-refractivity contribution in [2.24, 2.45) is 0 Å². The second-order valence-corrected chi connectivity index (χ2v) is 4.29. The van der Waals surface area contributed by atoms with Gasteiger partial charge in [0.05, 0.1) is 6.10 Å². The molecule has 0 aliphatic carbocycles. The topological polar surface area (TPSA) is 12.5 Å². The number of piperidine rings is 1. The molecule has 0 aromatic heterocycles. The first-order valence-corrected chi connectivity index (χ1v) is 5.47. The zero-order valence-corrected chi connectivity index (χ0v) is 9.42. The molecule has 1 aliphatic rings. The minimum Gasteiger partial charge on any atom is -0.380 e. The normalized spacial score (nSPS) is 31.2. The van der Waals surface area contributed by atoms with Crippen molar-refractivity contribution >= 4 is 0 Å². The summed E-state index contributed by atoms with van der Waals surface area (Å²) in [6.07, 6.45) is 4.27. The van der Waals surface area contributed by atoms with Gasteiger partial charge in [-0.25, -0.2) is 0 Å². The molecule has 0 amide bonds. The van der Waals surface area contributed by atoms with Gasteiger partial charge in [0.1, 0.15) is 0 Å². The largest absolute Gasteiger partial charge is 0.380 e. The van der Waals surface area contributed by atoms with Crippen LogP contribution in [0.2, 0.25) is 0 Å². The smallest absolute Gasteiger partial charge is 0.0699 e. The molecular weight excluding hydrogens is 162 g/mol. The van der Waals surface area contributed by atoms with E-state index in [-0.39, 0.29) is 0 Å². The average molecular weight is 185 g/mol. The SMILES string of the molecule is CC[C@@H]1CC[C@H](OC)CN1C(C)C. The first-order chi connectivity index (χ1) is 6.19. The lowest BCUT2D eigenvalue weighted by molar-refractivity contribution is -0.00908. The van der Waals surface area contributed by atoms with Gasteiger partial charge in [0.15, 0.2) is 0 Å². The summed E-state index contributed by atoms with van der Waals surface area (Å²) < 4.78 is 5.42. The van der Waals surface area contributed by atoms with Gasteiger partial charge in [0.2, 0.25) is 0 Å². The molecule has 0 aromatic carbocycles. The zero-order valence-electron chi connectivity index (χ0n) is 9.42. The van der Waals surface area contributed by atoms with E-state index in [4.69, 9.17) is 4.74 Å². The molecule has 2 heteroatoms. The summed E-state index contributed by atoms with van der Waals surface area (Å²) in [6, 6.07) is 1.44. The van der Waals surface area contributed by atoms with Crippen molar-refractivity contribution < 1.29 is 4.74 Å². The molecule has 2 nitrogen and oxygen atoms in total. The predicted molar refractivity (Wildman–Crippen MR) is 56.0 cm³/mol. The van der Waals surface area contributed by atoms with Crippen LogP contribution in [-0.2, 0) is 4.74 Å². The fourth-order valence-corrected chi connectivity index (χ4v) is 2.28. The predicted octanol–water partition coefficient (Wildman–Crippen LogP) is 2.28. The highest BCUT2D eigenvalue weighted by Gasteiger charge is 2.28. The van der Waals surface area contributed by atoms with Gasteiger partial charge in [-0.2, -0.15) is 0 Å². The van der Waals surface area contributed by atoms with Gasteiger partial charge in [0, 0.05) is 25.7 Å². The second kappa shape index (κ2) is 4.97. The highest BCUT2D eigenvalue weighted by atomic mass is 16.5. The van der Waals surface area contributed by atoms with Gasteiger partial charge >= 0.3 is 0 Å². The molecule has 0 spiro atoms. The molecule has 13 heavy (non-hydrogen) atoms. The highest BCUT2D eigenvalue weighted by molar-refractivity contribution is 4.83. The Hall–Kier alpha value is -0.0800. The number of ether oxygens (including phenoxy) is 1. The van der Waals surface area contributed by atoms with E-state index >= 15 is 0 Å². The van der Waals surface area contributed by atoms with Crippen LogP contribution in [0.1, 0.15) is 40.0 Å². The van der Waals surface area contributed by atoms with Gasteiger partial charge in [-0.05, 0) is 33.1 Å². The summed E-state index contributed by atoms with van der Waals surface area (Å²) in [4.78, 5) is 2.58. The molecule has 1 aliphatic heterocycles. The minimum atomic E-state index is 0.463. The first kappa shape index (κ1) is 11.0. The van der Waals surface area contributed by atoms with Crippen molar-refractivity contribution in [2.45, 2.75) is 58.2 Å². The molecule has 1 saturated heterocycles. The van der Waals surface area contributed by atoms with Crippen LogP contribution >= 0.6 is 0 Å². The quantitative estimate of drug-likeness (QED) is 0.669. The van der Waals surface area contributed by atoms with E-state index in [1.165, 1.54) is 19.3 Å². The molecule has 78 valence electrons. The van der Waals surface area contributed by atoms with Crippen molar-refractivity contribution in [3.8, 4) is 0 Å². The third kappa shape index (κ3) is 2.68. The molecule has 0 N–H and O–H groups in total. The van der Waals surface area contributed by atoms with E-state index in [0.717, 1.165) is 12.6 Å². The van der Waals surface area contributed by atoms with E-state index in [1.807, 2.05) is 7.11 Å². The maximum absolute atomic E-state index is 5.42. The van der Waals surface area contributed by atoms with Gasteiger partial charge in [-0.15, -0.1) is 0 Å². The maximum atomic E-state index is 5.42. The number of likely N-dealkylation sites (tertiary alicyclic amines) is 1. The van der Waals surface area contributed by atoms with Crippen LogP contribution < -0.4 is 0 Å². The van der Waals surface area contributed by atoms with E-state index in [0.29, 0.717) is 12.1 Å². The molecule has 1 rings (SSSR count). The fraction of sp³-hybridized carbons (Fsp3) is 1.00. The summed E-state index contributed by atoms with van der Waals surface area (Å²) in [5.74, 6) is 0. The van der Waals surface area contributed by atoms with Gasteiger partial charge in [-0.3, -0.25) is 4.90 Å². The summed E-state index contributed by atoms with van der Waals surface area (Å²) >= 11 is 0. The van der Waals surface area contributed by atoms with E-state index in [1.54, 1.807) is 0 Å². The lowest BCUT2D eigenvalue weighted by Crippen LogP contribution is -2.49. The Morgan fingerprint density at radius 3 is 2.54 bits per heavy atom. The first-order valence-electron chi connectivity index (χ1n) is 5.47. The number of nitrogens with zero attached hydrogens (tertiary/aromatic N) is 1. The third-order valence-electron chi connectivity index (χ3n) is 3.17. The molecule has 1 heterocycles. The Kier molecular flexibility index (Phi) is 4.20. The second-order valence-electron chi connectivity index (χ2n) is 4.29. The fourth-order valence-electron chi connectivity index (χ4n) is 2.28. The van der Waals surface area contributed by atoms with Crippen molar-refractivity contribution in [3.05, 3.63) is 0 Å². The van der Waals surface area contributed by atoms with Gasteiger partial charge in [-0.1, -0.05) is 6.92 Å². The average Bonchev–Trinajstić information content (AvgIpc) is 2.16. The van der Waals surface area contributed by atoms with Crippen LogP contribution in [0.25, 0.3) is 0 Å². The summed E-state index contributed by atoms with van der Waals surface area (Å²) in [5.41, 5.74) is 0. The van der Waals surface area contributed by atoms with Crippen LogP contribution in [0.3, 0.4) is 0 Å². The van der Waals surface area contributed by atoms with E-state index in [2.05, 4.69) is 25.7 Å². The Morgan fingerprint density at radius 1 is 1.38 bits per heavy atom. The summed E-state index contributed by atoms with van der Waals surface area (Å²) in [7, 11) is 1.83. The lowest BCUT2D eigenvalue weighted by Gasteiger charge is -2.41.